The molecule has 0 aliphatic heterocycles. The molecule has 0 aromatic heterocycles. The average Bonchev–Trinajstić information content (AvgIpc) is 3.55. The highest BCUT2D eigenvalue weighted by atomic mass is 19.4. The van der Waals surface area contributed by atoms with Crippen molar-refractivity contribution in [3.63, 3.8) is 0 Å². The molecule has 0 radical (unpaired) electrons. The number of amides is 2. The van der Waals surface area contributed by atoms with Gasteiger partial charge in [0.15, 0.2) is 0 Å². The summed E-state index contributed by atoms with van der Waals surface area (Å²) >= 11 is 0. The molecule has 3 N–H and O–H groups in total. The molecule has 3 aromatic rings. The minimum absolute atomic E-state index is 0.00503. The number of nitrogens with one attached hydrogen (secondary N) is 2. The van der Waals surface area contributed by atoms with E-state index in [2.05, 4.69) is 10.6 Å². The van der Waals surface area contributed by atoms with Crippen LogP contribution in [0.5, 0.6) is 5.75 Å². The molecule has 7 nitrogen and oxygen atoms in total. The number of alkyl halides is 3. The van der Waals surface area contributed by atoms with E-state index in [4.69, 9.17) is 9.84 Å². The third-order valence-corrected chi connectivity index (χ3v) is 7.58. The quantitative estimate of drug-likeness (QED) is 0.236. The Morgan fingerprint density at radius 3 is 2.26 bits per heavy atom. The average molecular weight is 587 g/mol. The summed E-state index contributed by atoms with van der Waals surface area (Å²) in [6.07, 6.45) is -0.791. The van der Waals surface area contributed by atoms with Crippen molar-refractivity contribution < 1.29 is 46.2 Å². The first-order valence-electron chi connectivity index (χ1n) is 12.8. The Labute approximate surface area is 236 Å². The molecule has 0 saturated heterocycles. The van der Waals surface area contributed by atoms with E-state index in [0.29, 0.717) is 24.1 Å². The monoisotopic (exact) mass is 586 g/mol. The van der Waals surface area contributed by atoms with E-state index in [1.807, 2.05) is 6.08 Å². The predicted octanol–water partition coefficient (Wildman–Crippen LogP) is 5.92. The minimum atomic E-state index is -4.96. The van der Waals surface area contributed by atoms with Gasteiger partial charge in [-0.15, -0.1) is 0 Å². The number of anilines is 1. The second-order valence-corrected chi connectivity index (χ2v) is 10.1. The first-order valence-corrected chi connectivity index (χ1v) is 12.8. The molecule has 1 fully saturated rings. The normalized spacial score (nSPS) is 20.8. The van der Waals surface area contributed by atoms with E-state index in [1.165, 1.54) is 37.4 Å². The summed E-state index contributed by atoms with van der Waals surface area (Å²) in [5.74, 6) is -6.16. The van der Waals surface area contributed by atoms with Gasteiger partial charge in [-0.3, -0.25) is 9.59 Å². The number of carbonyl (C=O) groups excluding carboxylic acids is 2. The second kappa shape index (κ2) is 10.9. The predicted molar refractivity (Wildman–Crippen MR) is 141 cm³/mol. The first kappa shape index (κ1) is 28.8. The third kappa shape index (κ3) is 5.44. The lowest BCUT2D eigenvalue weighted by molar-refractivity contribution is -0.140. The number of aromatic carboxylic acids is 1. The van der Waals surface area contributed by atoms with Gasteiger partial charge in [0.1, 0.15) is 17.4 Å². The van der Waals surface area contributed by atoms with Gasteiger partial charge in [0, 0.05) is 23.4 Å². The zero-order valence-corrected chi connectivity index (χ0v) is 21.8. The highest BCUT2D eigenvalue weighted by Gasteiger charge is 2.49. The van der Waals surface area contributed by atoms with E-state index in [-0.39, 0.29) is 40.0 Å². The van der Waals surface area contributed by atoms with Crippen LogP contribution in [0.1, 0.15) is 32.7 Å². The Bertz CT molecular complexity index is 1600. The maximum atomic E-state index is 15.0. The molecule has 1 saturated carbocycles. The van der Waals surface area contributed by atoms with Crippen molar-refractivity contribution >= 4 is 23.5 Å². The van der Waals surface area contributed by atoms with Gasteiger partial charge in [-0.2, -0.15) is 13.2 Å². The summed E-state index contributed by atoms with van der Waals surface area (Å²) in [6, 6.07) is 9.07. The zero-order valence-electron chi connectivity index (χ0n) is 21.8. The van der Waals surface area contributed by atoms with Crippen molar-refractivity contribution in [2.24, 2.45) is 17.8 Å². The van der Waals surface area contributed by atoms with Crippen LogP contribution in [-0.2, 0) is 11.0 Å². The molecule has 2 amide bonds. The Balaban J connectivity index is 1.40. The molecule has 0 spiro atoms. The van der Waals surface area contributed by atoms with Gasteiger partial charge >= 0.3 is 12.1 Å². The number of carboxylic acid groups (broad SMARTS) is 1. The lowest BCUT2D eigenvalue weighted by atomic mass is 9.87. The van der Waals surface area contributed by atoms with Crippen molar-refractivity contribution in [1.82, 2.24) is 5.32 Å². The van der Waals surface area contributed by atoms with Crippen LogP contribution in [0.25, 0.3) is 11.1 Å². The number of rotatable bonds is 7. The van der Waals surface area contributed by atoms with E-state index in [0.717, 1.165) is 12.1 Å². The minimum Gasteiger partial charge on any atom is -0.496 e. The van der Waals surface area contributed by atoms with Crippen molar-refractivity contribution in [2.75, 3.05) is 12.4 Å². The van der Waals surface area contributed by atoms with Gasteiger partial charge in [0.2, 0.25) is 5.91 Å². The topological polar surface area (TPSA) is 105 Å². The zero-order chi connectivity index (χ0) is 30.3. The van der Waals surface area contributed by atoms with Gasteiger partial charge in [0.25, 0.3) is 5.91 Å². The highest BCUT2D eigenvalue weighted by Crippen LogP contribution is 2.45. The number of ether oxygens (including phenoxy) is 1. The summed E-state index contributed by atoms with van der Waals surface area (Å²) in [5.41, 5.74) is -1.49. The van der Waals surface area contributed by atoms with Crippen LogP contribution in [0.4, 0.5) is 27.6 Å². The lowest BCUT2D eigenvalue weighted by Gasteiger charge is -2.28. The van der Waals surface area contributed by atoms with E-state index < -0.39 is 53.1 Å². The Morgan fingerprint density at radius 1 is 0.929 bits per heavy atom. The molecule has 5 rings (SSSR count). The van der Waals surface area contributed by atoms with Gasteiger partial charge < -0.3 is 20.5 Å². The van der Waals surface area contributed by atoms with Crippen LogP contribution in [-0.4, -0.2) is 36.0 Å². The largest absolute Gasteiger partial charge is 0.496 e. The number of benzene rings is 3. The number of fused-ring (bicyclic) bond motifs is 2. The number of hydrogen-bond donors (Lipinski definition) is 3. The third-order valence-electron chi connectivity index (χ3n) is 7.58. The van der Waals surface area contributed by atoms with Gasteiger partial charge in [0.05, 0.1) is 29.7 Å². The molecule has 2 aliphatic carbocycles. The molecule has 218 valence electrons. The van der Waals surface area contributed by atoms with E-state index >= 15 is 0 Å². The van der Waals surface area contributed by atoms with Crippen LogP contribution >= 0.6 is 0 Å². The molecule has 42 heavy (non-hydrogen) atoms. The maximum Gasteiger partial charge on any atom is 0.419 e. The number of hydrogen-bond acceptors (Lipinski definition) is 4. The summed E-state index contributed by atoms with van der Waals surface area (Å²) in [7, 11) is 1.25. The van der Waals surface area contributed by atoms with Crippen LogP contribution in [0.15, 0.2) is 66.7 Å². The Kier molecular flexibility index (Phi) is 7.48. The molecule has 2 aliphatic rings. The summed E-state index contributed by atoms with van der Waals surface area (Å²) in [4.78, 5) is 37.9. The molecule has 12 heteroatoms. The van der Waals surface area contributed by atoms with Crippen molar-refractivity contribution in [2.45, 2.75) is 18.6 Å². The van der Waals surface area contributed by atoms with Crippen LogP contribution in [0.2, 0.25) is 0 Å². The van der Waals surface area contributed by atoms with Crippen molar-refractivity contribution in [3.05, 3.63) is 95.1 Å². The highest BCUT2D eigenvalue weighted by molar-refractivity contribution is 6.00. The fourth-order valence-corrected chi connectivity index (χ4v) is 5.57. The maximum absolute atomic E-state index is 15.0. The second-order valence-electron chi connectivity index (χ2n) is 10.1. The summed E-state index contributed by atoms with van der Waals surface area (Å²) < 4.78 is 73.4. The smallest absolute Gasteiger partial charge is 0.419 e. The van der Waals surface area contributed by atoms with Crippen LogP contribution in [0.3, 0.4) is 0 Å². The number of methoxy groups -OCH3 is 1. The summed E-state index contributed by atoms with van der Waals surface area (Å²) in [6.45, 7) is 0. The Hall–Kier alpha value is -4.74. The van der Waals surface area contributed by atoms with Gasteiger partial charge in [-0.1, -0.05) is 24.3 Å². The molecular formula is C30H23F5N2O5. The molecule has 4 unspecified atom stereocenters. The molecular weight excluding hydrogens is 563 g/mol. The van der Waals surface area contributed by atoms with Crippen LogP contribution < -0.4 is 15.4 Å². The van der Waals surface area contributed by atoms with Crippen LogP contribution in [0, 0.1) is 29.4 Å². The molecule has 3 aromatic carbocycles. The SMILES string of the molecule is COc1cc(F)c(-c2ccc(C(=O)O)cc2)cc1C(=O)NC1C2C=CC(C2)C1C(=O)Nc1ccc(F)c(C(F)(F)F)c1. The molecule has 4 atom stereocenters. The van der Waals surface area contributed by atoms with Gasteiger partial charge in [-0.25, -0.2) is 13.6 Å². The van der Waals surface area contributed by atoms with E-state index in [9.17, 15) is 36.3 Å². The van der Waals surface area contributed by atoms with Crippen molar-refractivity contribution in [3.8, 4) is 16.9 Å². The number of carboxylic acids is 1. The van der Waals surface area contributed by atoms with Crippen molar-refractivity contribution in [1.29, 1.82) is 0 Å². The number of allylic oxidation sites excluding steroid dienone is 1. The number of carbonyl (C=O) groups is 3. The molecule has 0 heterocycles. The Morgan fingerprint density at radius 2 is 1.62 bits per heavy atom. The molecule has 2 bridgehead atoms. The first-order chi connectivity index (χ1) is 19.9. The number of halogens is 5. The van der Waals surface area contributed by atoms with Gasteiger partial charge in [-0.05, 0) is 60.2 Å². The lowest BCUT2D eigenvalue weighted by Crippen LogP contribution is -2.47. The summed E-state index contributed by atoms with van der Waals surface area (Å²) in [5, 5.41) is 14.4. The fraction of sp³-hybridized carbons (Fsp3) is 0.233. The van der Waals surface area contributed by atoms with E-state index in [1.54, 1.807) is 6.08 Å². The standard InChI is InChI=1S/C30H23F5N2O5/c1-42-24-13-23(32)19(14-2-4-15(5-3-14)29(40)41)12-20(24)27(38)37-26-17-7-6-16(10-17)25(26)28(39)36-18-8-9-22(31)21(11-18)30(33,34)35/h2-9,11-13,16-17,25-26H,10H2,1H3,(H,36,39)(H,37,38)(H,40,41). The fourth-order valence-electron chi connectivity index (χ4n) is 5.57.